The molecule has 1 saturated carbocycles. The Kier molecular flexibility index (Phi) is 4.64. The molecule has 0 spiro atoms. The summed E-state index contributed by atoms with van der Waals surface area (Å²) < 4.78 is 11.4. The molecule has 0 radical (unpaired) electrons. The van der Waals surface area contributed by atoms with Gasteiger partial charge in [-0.1, -0.05) is 0 Å². The van der Waals surface area contributed by atoms with Crippen LogP contribution < -0.4 is 5.32 Å². The van der Waals surface area contributed by atoms with Crippen molar-refractivity contribution in [3.63, 3.8) is 0 Å². The zero-order valence-corrected chi connectivity index (χ0v) is 14.1. The number of likely N-dealkylation sites (tertiary alicyclic amines) is 1. The van der Waals surface area contributed by atoms with Crippen LogP contribution in [0, 0.1) is 5.92 Å². The van der Waals surface area contributed by atoms with Crippen LogP contribution in [-0.2, 0) is 9.47 Å². The molecule has 5 nitrogen and oxygen atoms in total. The summed E-state index contributed by atoms with van der Waals surface area (Å²) in [6.07, 6.45) is 6.13. The molecule has 126 valence electrons. The first-order valence-corrected chi connectivity index (χ1v) is 8.78. The summed E-state index contributed by atoms with van der Waals surface area (Å²) in [4.78, 5) is 14.1. The van der Waals surface area contributed by atoms with Crippen molar-refractivity contribution >= 4 is 6.09 Å². The van der Waals surface area contributed by atoms with Crippen LogP contribution in [0.3, 0.4) is 0 Å². The van der Waals surface area contributed by atoms with E-state index in [0.717, 1.165) is 44.9 Å². The van der Waals surface area contributed by atoms with Crippen molar-refractivity contribution in [3.05, 3.63) is 0 Å². The summed E-state index contributed by atoms with van der Waals surface area (Å²) in [6.45, 7) is 8.19. The minimum Gasteiger partial charge on any atom is -0.444 e. The first-order valence-electron chi connectivity index (χ1n) is 8.78. The maximum Gasteiger partial charge on any atom is 0.410 e. The number of amides is 1. The lowest BCUT2D eigenvalue weighted by molar-refractivity contribution is 0.0173. The number of piperidine rings is 1. The third-order valence-corrected chi connectivity index (χ3v) is 4.75. The highest BCUT2D eigenvalue weighted by Crippen LogP contribution is 2.39. The van der Waals surface area contributed by atoms with Gasteiger partial charge in [-0.2, -0.15) is 0 Å². The summed E-state index contributed by atoms with van der Waals surface area (Å²) in [6, 6.07) is 0.838. The number of ether oxygens (including phenoxy) is 2. The summed E-state index contributed by atoms with van der Waals surface area (Å²) >= 11 is 0. The van der Waals surface area contributed by atoms with Gasteiger partial charge in [0.2, 0.25) is 0 Å². The zero-order valence-electron chi connectivity index (χ0n) is 14.1. The number of nitrogens with one attached hydrogen (secondary N) is 1. The van der Waals surface area contributed by atoms with Gasteiger partial charge in [-0.25, -0.2) is 4.79 Å². The monoisotopic (exact) mass is 310 g/mol. The SMILES string of the molecule is CC(C)(C)OC(=O)N1CCCC(NC2CCOC2C2CC2)C1. The van der Waals surface area contributed by atoms with E-state index in [1.807, 2.05) is 25.7 Å². The number of rotatable bonds is 3. The van der Waals surface area contributed by atoms with Crippen LogP contribution in [0.4, 0.5) is 4.79 Å². The highest BCUT2D eigenvalue weighted by atomic mass is 16.6. The van der Waals surface area contributed by atoms with Crippen molar-refractivity contribution in [1.29, 1.82) is 0 Å². The van der Waals surface area contributed by atoms with Crippen molar-refractivity contribution in [2.24, 2.45) is 5.92 Å². The Morgan fingerprint density at radius 3 is 2.68 bits per heavy atom. The molecule has 2 saturated heterocycles. The quantitative estimate of drug-likeness (QED) is 0.870. The molecule has 2 heterocycles. The predicted molar refractivity (Wildman–Crippen MR) is 84.8 cm³/mol. The summed E-state index contributed by atoms with van der Waals surface area (Å²) in [5, 5.41) is 3.76. The van der Waals surface area contributed by atoms with E-state index in [4.69, 9.17) is 9.47 Å². The number of hydrogen-bond acceptors (Lipinski definition) is 4. The van der Waals surface area contributed by atoms with E-state index in [1.54, 1.807) is 0 Å². The molecule has 22 heavy (non-hydrogen) atoms. The van der Waals surface area contributed by atoms with Crippen molar-refractivity contribution < 1.29 is 14.3 Å². The van der Waals surface area contributed by atoms with Gasteiger partial charge in [0.1, 0.15) is 5.60 Å². The Morgan fingerprint density at radius 1 is 1.23 bits per heavy atom. The molecule has 0 bridgehead atoms. The molecule has 0 aromatic rings. The van der Waals surface area contributed by atoms with Gasteiger partial charge in [-0.15, -0.1) is 0 Å². The Morgan fingerprint density at radius 2 is 2.00 bits per heavy atom. The zero-order chi connectivity index (χ0) is 15.7. The van der Waals surface area contributed by atoms with Gasteiger partial charge in [0.25, 0.3) is 0 Å². The van der Waals surface area contributed by atoms with Crippen molar-refractivity contribution in [1.82, 2.24) is 10.2 Å². The molecule has 3 fully saturated rings. The minimum atomic E-state index is -0.423. The number of carbonyl (C=O) groups is 1. The van der Waals surface area contributed by atoms with E-state index in [9.17, 15) is 4.79 Å². The minimum absolute atomic E-state index is 0.180. The van der Waals surface area contributed by atoms with Gasteiger partial charge < -0.3 is 19.7 Å². The van der Waals surface area contributed by atoms with Crippen molar-refractivity contribution in [2.45, 2.75) is 76.7 Å². The molecular formula is C17H30N2O3. The van der Waals surface area contributed by atoms with Gasteiger partial charge in [-0.05, 0) is 58.8 Å². The average molecular weight is 310 g/mol. The lowest BCUT2D eigenvalue weighted by Gasteiger charge is -2.36. The maximum atomic E-state index is 12.2. The average Bonchev–Trinajstić information content (AvgIpc) is 3.18. The predicted octanol–water partition coefficient (Wildman–Crippen LogP) is 2.54. The second-order valence-corrected chi connectivity index (χ2v) is 8.00. The van der Waals surface area contributed by atoms with E-state index in [0.29, 0.717) is 18.2 Å². The van der Waals surface area contributed by atoms with Crippen molar-refractivity contribution in [2.75, 3.05) is 19.7 Å². The van der Waals surface area contributed by atoms with Gasteiger partial charge in [0.15, 0.2) is 0 Å². The molecule has 1 amide bonds. The highest BCUT2D eigenvalue weighted by Gasteiger charge is 2.41. The van der Waals surface area contributed by atoms with Crippen molar-refractivity contribution in [3.8, 4) is 0 Å². The van der Waals surface area contributed by atoms with Crippen LogP contribution in [0.5, 0.6) is 0 Å². The lowest BCUT2D eigenvalue weighted by Crippen LogP contribution is -2.53. The van der Waals surface area contributed by atoms with Crippen LogP contribution in [0.25, 0.3) is 0 Å². The molecule has 3 unspecified atom stereocenters. The van der Waals surface area contributed by atoms with Crippen LogP contribution in [0.2, 0.25) is 0 Å². The van der Waals surface area contributed by atoms with Crippen LogP contribution >= 0.6 is 0 Å². The molecule has 3 rings (SSSR count). The second-order valence-electron chi connectivity index (χ2n) is 8.00. The van der Waals surface area contributed by atoms with Crippen LogP contribution in [0.15, 0.2) is 0 Å². The van der Waals surface area contributed by atoms with Gasteiger partial charge in [-0.3, -0.25) is 0 Å². The Hall–Kier alpha value is -0.810. The molecule has 3 aliphatic rings. The molecule has 0 aromatic heterocycles. The number of carbonyl (C=O) groups excluding carboxylic acids is 1. The first kappa shape index (κ1) is 16.1. The molecular weight excluding hydrogens is 280 g/mol. The van der Waals surface area contributed by atoms with E-state index in [1.165, 1.54) is 12.8 Å². The van der Waals surface area contributed by atoms with Gasteiger partial charge in [0, 0.05) is 31.8 Å². The molecule has 0 aromatic carbocycles. The summed E-state index contributed by atoms with van der Waals surface area (Å²) in [7, 11) is 0. The smallest absolute Gasteiger partial charge is 0.410 e. The van der Waals surface area contributed by atoms with E-state index in [2.05, 4.69) is 5.32 Å². The third-order valence-electron chi connectivity index (χ3n) is 4.75. The van der Waals surface area contributed by atoms with Gasteiger partial charge >= 0.3 is 6.09 Å². The van der Waals surface area contributed by atoms with E-state index in [-0.39, 0.29) is 6.09 Å². The maximum absolute atomic E-state index is 12.2. The second kappa shape index (κ2) is 6.36. The molecule has 1 N–H and O–H groups in total. The lowest BCUT2D eigenvalue weighted by atomic mass is 10.0. The van der Waals surface area contributed by atoms with E-state index >= 15 is 0 Å². The highest BCUT2D eigenvalue weighted by molar-refractivity contribution is 5.68. The van der Waals surface area contributed by atoms with Crippen LogP contribution in [0.1, 0.15) is 52.9 Å². The van der Waals surface area contributed by atoms with E-state index < -0.39 is 5.60 Å². The summed E-state index contributed by atoms with van der Waals surface area (Å²) in [5.41, 5.74) is -0.423. The molecule has 1 aliphatic carbocycles. The molecule has 5 heteroatoms. The topological polar surface area (TPSA) is 50.8 Å². The Labute approximate surface area is 133 Å². The molecule has 2 aliphatic heterocycles. The first-order chi connectivity index (χ1) is 10.4. The van der Waals surface area contributed by atoms with Gasteiger partial charge in [0.05, 0.1) is 6.10 Å². The number of nitrogens with zero attached hydrogens (tertiary/aromatic N) is 1. The third kappa shape index (κ3) is 4.13. The standard InChI is InChI=1S/C17H30N2O3/c1-17(2,3)22-16(20)19-9-4-5-13(11-19)18-14-8-10-21-15(14)12-6-7-12/h12-15,18H,4-11H2,1-3H3. The Balaban J connectivity index is 1.51. The fourth-order valence-electron chi connectivity index (χ4n) is 3.59. The van der Waals surface area contributed by atoms with Crippen LogP contribution in [-0.4, -0.2) is 54.5 Å². The molecule has 3 atom stereocenters. The normalized spacial score (nSPS) is 33.0. The Bertz CT molecular complexity index is 403. The summed E-state index contributed by atoms with van der Waals surface area (Å²) in [5.74, 6) is 0.769. The fraction of sp³-hybridized carbons (Fsp3) is 0.941. The largest absolute Gasteiger partial charge is 0.444 e. The fourth-order valence-corrected chi connectivity index (χ4v) is 3.59. The number of hydrogen-bond donors (Lipinski definition) is 1.